The van der Waals surface area contributed by atoms with Crippen LogP contribution >= 0.6 is 11.3 Å². The maximum Gasteiger partial charge on any atom is 0.185 e. The average Bonchev–Trinajstić information content (AvgIpc) is 2.90. The van der Waals surface area contributed by atoms with Gasteiger partial charge in [0.05, 0.1) is 5.69 Å². The van der Waals surface area contributed by atoms with Crippen LogP contribution in [-0.4, -0.2) is 18.6 Å². The highest BCUT2D eigenvalue weighted by atomic mass is 32.1. The van der Waals surface area contributed by atoms with Crippen molar-refractivity contribution in [2.24, 2.45) is 11.7 Å². The minimum Gasteiger partial charge on any atom is -0.351 e. The van der Waals surface area contributed by atoms with E-state index in [0.717, 1.165) is 27.8 Å². The Balaban J connectivity index is 2.23. The molecule has 0 aliphatic heterocycles. The zero-order valence-electron chi connectivity index (χ0n) is 12.5. The molecule has 0 aliphatic rings. The number of hydrogen-bond donors (Lipinski definition) is 1. The zero-order chi connectivity index (χ0) is 14.5. The second-order valence-corrected chi connectivity index (χ2v) is 6.50. The number of hydrogen-bond acceptors (Lipinski definition) is 4. The second kappa shape index (κ2) is 6.86. The molecule has 2 aromatic rings. The van der Waals surface area contributed by atoms with Crippen LogP contribution in [0, 0.1) is 5.92 Å². The fourth-order valence-electron chi connectivity index (χ4n) is 2.01. The molecule has 2 rings (SSSR count). The van der Waals surface area contributed by atoms with Crippen LogP contribution in [0.5, 0.6) is 0 Å². The highest BCUT2D eigenvalue weighted by Crippen LogP contribution is 2.32. The number of thiazole rings is 1. The topological polar surface area (TPSA) is 42.2 Å². The number of anilines is 1. The van der Waals surface area contributed by atoms with Crippen molar-refractivity contribution in [3.05, 3.63) is 35.2 Å². The molecule has 3 nitrogen and oxygen atoms in total. The second-order valence-electron chi connectivity index (χ2n) is 5.44. The Labute approximate surface area is 125 Å². The van der Waals surface area contributed by atoms with Crippen molar-refractivity contribution in [3.63, 3.8) is 0 Å². The Bertz CT molecular complexity index is 534. The first-order valence-corrected chi connectivity index (χ1v) is 7.89. The largest absolute Gasteiger partial charge is 0.351 e. The highest BCUT2D eigenvalue weighted by Gasteiger charge is 2.14. The van der Waals surface area contributed by atoms with Crippen LogP contribution in [0.2, 0.25) is 0 Å². The highest BCUT2D eigenvalue weighted by molar-refractivity contribution is 7.16. The molecule has 20 heavy (non-hydrogen) atoms. The Morgan fingerprint density at radius 1 is 1.25 bits per heavy atom. The van der Waals surface area contributed by atoms with E-state index >= 15 is 0 Å². The van der Waals surface area contributed by atoms with Crippen LogP contribution < -0.4 is 10.6 Å². The third kappa shape index (κ3) is 3.58. The molecular formula is C16H23N3S. The van der Waals surface area contributed by atoms with E-state index in [-0.39, 0.29) is 0 Å². The molecule has 0 fully saturated rings. The van der Waals surface area contributed by atoms with Gasteiger partial charge in [0.25, 0.3) is 0 Å². The Morgan fingerprint density at radius 2 is 1.95 bits per heavy atom. The summed E-state index contributed by atoms with van der Waals surface area (Å²) < 4.78 is 0. The summed E-state index contributed by atoms with van der Waals surface area (Å²) in [7, 11) is 2.11. The summed E-state index contributed by atoms with van der Waals surface area (Å²) in [6.07, 6.45) is 1.18. The number of nitrogens with zero attached hydrogens (tertiary/aromatic N) is 2. The number of aromatic nitrogens is 1. The molecule has 1 aromatic heterocycles. The van der Waals surface area contributed by atoms with Gasteiger partial charge >= 0.3 is 0 Å². The van der Waals surface area contributed by atoms with Crippen molar-refractivity contribution in [3.8, 4) is 11.3 Å². The van der Waals surface area contributed by atoms with Crippen LogP contribution in [0.25, 0.3) is 11.3 Å². The van der Waals surface area contributed by atoms with Crippen LogP contribution in [0.1, 0.15) is 25.1 Å². The lowest BCUT2D eigenvalue weighted by atomic mass is 10.1. The van der Waals surface area contributed by atoms with E-state index in [1.54, 1.807) is 11.3 Å². The Hall–Kier alpha value is -1.39. The molecular weight excluding hydrogens is 266 g/mol. The average molecular weight is 289 g/mol. The quantitative estimate of drug-likeness (QED) is 0.880. The normalized spacial score (nSPS) is 11.1. The third-order valence-electron chi connectivity index (χ3n) is 3.29. The number of rotatable bonds is 6. The fraction of sp³-hybridized carbons (Fsp3) is 0.438. The summed E-state index contributed by atoms with van der Waals surface area (Å²) in [5.41, 5.74) is 8.05. The lowest BCUT2D eigenvalue weighted by Gasteiger charge is -2.16. The van der Waals surface area contributed by atoms with E-state index in [9.17, 15) is 0 Å². The molecule has 1 aromatic carbocycles. The number of nitrogens with two attached hydrogens (primary N) is 1. The van der Waals surface area contributed by atoms with Gasteiger partial charge in [-0.25, -0.2) is 4.98 Å². The molecule has 0 amide bonds. The smallest absolute Gasteiger partial charge is 0.185 e. The van der Waals surface area contributed by atoms with Crippen LogP contribution in [0.4, 0.5) is 5.13 Å². The Kier molecular flexibility index (Phi) is 5.15. The van der Waals surface area contributed by atoms with Gasteiger partial charge in [0, 0.05) is 30.6 Å². The minimum atomic E-state index is 0.542. The van der Waals surface area contributed by atoms with Crippen LogP contribution in [0.15, 0.2) is 30.3 Å². The van der Waals surface area contributed by atoms with Gasteiger partial charge in [-0.15, -0.1) is 0 Å². The van der Waals surface area contributed by atoms with Gasteiger partial charge < -0.3 is 10.6 Å². The van der Waals surface area contributed by atoms with E-state index in [0.29, 0.717) is 12.5 Å². The Morgan fingerprint density at radius 3 is 2.55 bits per heavy atom. The lowest BCUT2D eigenvalue weighted by Crippen LogP contribution is -2.19. The predicted octanol–water partition coefficient (Wildman–Crippen LogP) is 3.75. The van der Waals surface area contributed by atoms with Gasteiger partial charge in [0.2, 0.25) is 0 Å². The van der Waals surface area contributed by atoms with E-state index in [2.05, 4.69) is 37.9 Å². The molecule has 2 N–H and O–H groups in total. The predicted molar refractivity (Wildman–Crippen MR) is 88.2 cm³/mol. The van der Waals surface area contributed by atoms with Gasteiger partial charge in [-0.05, 0) is 12.3 Å². The first-order valence-electron chi connectivity index (χ1n) is 7.08. The summed E-state index contributed by atoms with van der Waals surface area (Å²) in [5.74, 6) is 0.708. The van der Waals surface area contributed by atoms with E-state index in [1.807, 2.05) is 18.2 Å². The minimum absolute atomic E-state index is 0.542. The molecule has 0 aliphatic carbocycles. The van der Waals surface area contributed by atoms with E-state index in [1.165, 1.54) is 6.42 Å². The van der Waals surface area contributed by atoms with Crippen molar-refractivity contribution in [2.75, 3.05) is 18.5 Å². The summed E-state index contributed by atoms with van der Waals surface area (Å²) in [5, 5.41) is 1.06. The van der Waals surface area contributed by atoms with Gasteiger partial charge in [-0.1, -0.05) is 55.5 Å². The molecule has 0 atom stereocenters. The van der Waals surface area contributed by atoms with Crippen molar-refractivity contribution in [1.29, 1.82) is 0 Å². The van der Waals surface area contributed by atoms with Crippen molar-refractivity contribution in [2.45, 2.75) is 26.8 Å². The van der Waals surface area contributed by atoms with Gasteiger partial charge in [-0.2, -0.15) is 0 Å². The van der Waals surface area contributed by atoms with Gasteiger partial charge in [0.1, 0.15) is 0 Å². The number of benzene rings is 1. The van der Waals surface area contributed by atoms with Crippen LogP contribution in [-0.2, 0) is 6.54 Å². The standard InChI is InChI=1S/C16H23N3S/c1-12(2)9-10-19(3)16-18-15(14(11-17)20-16)13-7-5-4-6-8-13/h4-8,12H,9-11,17H2,1-3H3. The van der Waals surface area contributed by atoms with Crippen molar-refractivity contribution >= 4 is 16.5 Å². The molecule has 0 radical (unpaired) electrons. The molecule has 0 saturated heterocycles. The zero-order valence-corrected chi connectivity index (χ0v) is 13.3. The summed E-state index contributed by atoms with van der Waals surface area (Å²) in [6, 6.07) is 10.3. The fourth-order valence-corrected chi connectivity index (χ4v) is 2.96. The maximum absolute atomic E-state index is 5.88. The van der Waals surface area contributed by atoms with E-state index < -0.39 is 0 Å². The monoisotopic (exact) mass is 289 g/mol. The molecule has 0 spiro atoms. The SMILES string of the molecule is CC(C)CCN(C)c1nc(-c2ccccc2)c(CN)s1. The third-order valence-corrected chi connectivity index (χ3v) is 4.48. The summed E-state index contributed by atoms with van der Waals surface area (Å²) in [4.78, 5) is 8.18. The first-order chi connectivity index (χ1) is 9.61. The first kappa shape index (κ1) is 15.0. The molecule has 0 bridgehead atoms. The molecule has 0 unspecified atom stereocenters. The molecule has 108 valence electrons. The maximum atomic E-state index is 5.88. The molecule has 1 heterocycles. The van der Waals surface area contributed by atoms with E-state index in [4.69, 9.17) is 10.7 Å². The summed E-state index contributed by atoms with van der Waals surface area (Å²) >= 11 is 1.70. The van der Waals surface area contributed by atoms with Crippen molar-refractivity contribution < 1.29 is 0 Å². The molecule has 4 heteroatoms. The molecule has 0 saturated carbocycles. The lowest BCUT2D eigenvalue weighted by molar-refractivity contribution is 0.585. The van der Waals surface area contributed by atoms with Crippen LogP contribution in [0.3, 0.4) is 0 Å². The van der Waals surface area contributed by atoms with Crippen molar-refractivity contribution in [1.82, 2.24) is 4.98 Å². The summed E-state index contributed by atoms with van der Waals surface area (Å²) in [6.45, 7) is 6.07. The van der Waals surface area contributed by atoms with Gasteiger partial charge in [-0.3, -0.25) is 0 Å². The van der Waals surface area contributed by atoms with Gasteiger partial charge in [0.15, 0.2) is 5.13 Å².